The highest BCUT2D eigenvalue weighted by Gasteiger charge is 2.23. The second-order valence-corrected chi connectivity index (χ2v) is 9.99. The van der Waals surface area contributed by atoms with Crippen molar-refractivity contribution in [3.8, 4) is 22.8 Å². The fourth-order valence-corrected chi connectivity index (χ4v) is 5.49. The Bertz CT molecular complexity index is 1310. The Hall–Kier alpha value is -3.25. The predicted octanol–water partition coefficient (Wildman–Crippen LogP) is 6.09. The van der Waals surface area contributed by atoms with Crippen molar-refractivity contribution in [1.82, 2.24) is 19.4 Å². The number of imidazole rings is 1. The molecule has 0 unspecified atom stereocenters. The summed E-state index contributed by atoms with van der Waals surface area (Å²) in [5, 5.41) is 1.33. The van der Waals surface area contributed by atoms with Crippen LogP contribution < -0.4 is 9.47 Å². The zero-order chi connectivity index (χ0) is 24.5. The number of nitrogens with one attached hydrogen (secondary N) is 1. The number of aryl methyl sites for hydroxylation is 1. The summed E-state index contributed by atoms with van der Waals surface area (Å²) >= 11 is 0. The van der Waals surface area contributed by atoms with Gasteiger partial charge in [-0.3, -0.25) is 4.90 Å². The molecule has 1 N–H and O–H groups in total. The van der Waals surface area contributed by atoms with Crippen LogP contribution >= 0.6 is 0 Å². The summed E-state index contributed by atoms with van der Waals surface area (Å²) < 4.78 is 13.1. The Morgan fingerprint density at radius 3 is 2.46 bits per heavy atom. The van der Waals surface area contributed by atoms with Gasteiger partial charge < -0.3 is 19.0 Å². The molecule has 0 atom stereocenters. The molecule has 6 nitrogen and oxygen atoms in total. The van der Waals surface area contributed by atoms with Crippen LogP contribution in [0.15, 0.2) is 48.9 Å². The van der Waals surface area contributed by atoms with Crippen molar-refractivity contribution < 1.29 is 9.47 Å². The Morgan fingerprint density at radius 1 is 1.03 bits per heavy atom. The summed E-state index contributed by atoms with van der Waals surface area (Å²) in [6.45, 7) is 7.77. The SMILES string of the molecule is COc1ccc(-c2[nH]c3ccc(C4CCN(Cc5cncn5C)CC4)cc3c2C(C)C)cc1OC. The second kappa shape index (κ2) is 9.78. The van der Waals surface area contributed by atoms with E-state index in [1.807, 2.05) is 18.6 Å². The van der Waals surface area contributed by atoms with Crippen LogP contribution in [0.3, 0.4) is 0 Å². The molecule has 0 bridgehead atoms. The Morgan fingerprint density at radius 2 is 1.80 bits per heavy atom. The Balaban J connectivity index is 1.41. The first-order valence-electron chi connectivity index (χ1n) is 12.5. The van der Waals surface area contributed by atoms with E-state index in [2.05, 4.69) is 70.7 Å². The van der Waals surface area contributed by atoms with Crippen molar-refractivity contribution in [2.45, 2.75) is 45.1 Å². The fraction of sp³-hybridized carbons (Fsp3) is 0.414. The van der Waals surface area contributed by atoms with Crippen LogP contribution in [0.4, 0.5) is 0 Å². The minimum Gasteiger partial charge on any atom is -0.493 e. The second-order valence-electron chi connectivity index (χ2n) is 9.99. The standard InChI is InChI=1S/C29H36N4O2/c1-19(2)28-24-14-21(20-10-12-33(13-11-20)17-23-16-30-18-32(23)3)6-8-25(24)31-29(28)22-7-9-26(34-4)27(15-22)35-5/h6-9,14-16,18-20,31H,10-13,17H2,1-5H3. The third-order valence-electron chi connectivity index (χ3n) is 7.47. The number of nitrogens with zero attached hydrogens (tertiary/aromatic N) is 3. The van der Waals surface area contributed by atoms with Crippen LogP contribution in [0, 0.1) is 0 Å². The molecule has 0 aliphatic carbocycles. The molecule has 1 aliphatic rings. The first-order chi connectivity index (χ1) is 17.0. The number of methoxy groups -OCH3 is 2. The van der Waals surface area contributed by atoms with E-state index < -0.39 is 0 Å². The van der Waals surface area contributed by atoms with Gasteiger partial charge in [-0.2, -0.15) is 0 Å². The lowest BCUT2D eigenvalue weighted by Gasteiger charge is -2.32. The van der Waals surface area contributed by atoms with E-state index in [0.717, 1.165) is 36.7 Å². The van der Waals surface area contributed by atoms with E-state index in [0.29, 0.717) is 11.8 Å². The number of aromatic amines is 1. The van der Waals surface area contributed by atoms with Crippen LogP contribution in [0.1, 0.15) is 55.3 Å². The highest BCUT2D eigenvalue weighted by molar-refractivity contribution is 5.92. The van der Waals surface area contributed by atoms with Gasteiger partial charge in [-0.1, -0.05) is 19.9 Å². The highest BCUT2D eigenvalue weighted by Crippen LogP contribution is 2.40. The van der Waals surface area contributed by atoms with Gasteiger partial charge in [0.1, 0.15) is 0 Å². The maximum absolute atomic E-state index is 5.57. The number of H-pyrrole nitrogens is 1. The van der Waals surface area contributed by atoms with Crippen LogP contribution in [-0.4, -0.2) is 46.7 Å². The molecular weight excluding hydrogens is 436 g/mol. The summed E-state index contributed by atoms with van der Waals surface area (Å²) in [6.07, 6.45) is 6.24. The summed E-state index contributed by atoms with van der Waals surface area (Å²) in [5.74, 6) is 2.48. The highest BCUT2D eigenvalue weighted by atomic mass is 16.5. The van der Waals surface area contributed by atoms with Gasteiger partial charge in [0.2, 0.25) is 0 Å². The van der Waals surface area contributed by atoms with Crippen molar-refractivity contribution in [3.63, 3.8) is 0 Å². The van der Waals surface area contributed by atoms with Crippen molar-refractivity contribution in [1.29, 1.82) is 0 Å². The van der Waals surface area contributed by atoms with E-state index in [1.54, 1.807) is 14.2 Å². The first-order valence-corrected chi connectivity index (χ1v) is 12.5. The molecular formula is C29H36N4O2. The van der Waals surface area contributed by atoms with Crippen molar-refractivity contribution >= 4 is 10.9 Å². The van der Waals surface area contributed by atoms with Crippen LogP contribution in [-0.2, 0) is 13.6 Å². The lowest BCUT2D eigenvalue weighted by Crippen LogP contribution is -2.33. The van der Waals surface area contributed by atoms with Crippen LogP contribution in [0.25, 0.3) is 22.2 Å². The summed E-state index contributed by atoms with van der Waals surface area (Å²) in [6, 6.07) is 13.2. The Kier molecular flexibility index (Phi) is 6.56. The number of hydrogen-bond donors (Lipinski definition) is 1. The smallest absolute Gasteiger partial charge is 0.161 e. The van der Waals surface area contributed by atoms with Crippen molar-refractivity contribution in [2.24, 2.45) is 7.05 Å². The van der Waals surface area contributed by atoms with Gasteiger partial charge in [0.25, 0.3) is 0 Å². The third-order valence-corrected chi connectivity index (χ3v) is 7.47. The molecule has 2 aromatic heterocycles. The van der Waals surface area contributed by atoms with E-state index in [-0.39, 0.29) is 0 Å². The van der Waals surface area contributed by atoms with Crippen LogP contribution in [0.5, 0.6) is 11.5 Å². The molecule has 3 heterocycles. The molecule has 1 saturated heterocycles. The zero-order valence-corrected chi connectivity index (χ0v) is 21.5. The van der Waals surface area contributed by atoms with Gasteiger partial charge in [-0.15, -0.1) is 0 Å². The first kappa shape index (κ1) is 23.5. The topological polar surface area (TPSA) is 55.3 Å². The molecule has 5 rings (SSSR count). The monoisotopic (exact) mass is 472 g/mol. The molecule has 184 valence electrons. The quantitative estimate of drug-likeness (QED) is 0.354. The maximum atomic E-state index is 5.57. The lowest BCUT2D eigenvalue weighted by molar-refractivity contribution is 0.201. The number of rotatable bonds is 7. The van der Waals surface area contributed by atoms with Gasteiger partial charge in [0.15, 0.2) is 11.5 Å². The summed E-state index contributed by atoms with van der Waals surface area (Å²) in [4.78, 5) is 10.5. The lowest BCUT2D eigenvalue weighted by atomic mass is 9.87. The average Bonchev–Trinajstić information content (AvgIpc) is 3.46. The summed E-state index contributed by atoms with van der Waals surface area (Å²) in [7, 11) is 5.43. The van der Waals surface area contributed by atoms with E-state index in [1.165, 1.54) is 46.3 Å². The number of likely N-dealkylation sites (tertiary alicyclic amines) is 1. The number of benzene rings is 2. The Labute approximate surface area is 207 Å². The van der Waals surface area contributed by atoms with E-state index in [9.17, 15) is 0 Å². The number of ether oxygens (including phenoxy) is 2. The molecule has 2 aromatic carbocycles. The minimum absolute atomic E-state index is 0.392. The molecule has 0 radical (unpaired) electrons. The van der Waals surface area contributed by atoms with Gasteiger partial charge in [0.05, 0.1) is 31.9 Å². The van der Waals surface area contributed by atoms with Gasteiger partial charge in [-0.05, 0) is 79.2 Å². The van der Waals surface area contributed by atoms with Gasteiger partial charge in [0, 0.05) is 36.3 Å². The molecule has 6 heteroatoms. The predicted molar refractivity (Wildman–Crippen MR) is 141 cm³/mol. The van der Waals surface area contributed by atoms with Crippen molar-refractivity contribution in [2.75, 3.05) is 27.3 Å². The molecule has 1 fully saturated rings. The normalized spacial score (nSPS) is 15.3. The van der Waals surface area contributed by atoms with E-state index >= 15 is 0 Å². The molecule has 0 amide bonds. The van der Waals surface area contributed by atoms with E-state index in [4.69, 9.17) is 9.47 Å². The number of piperidine rings is 1. The molecule has 4 aromatic rings. The fourth-order valence-electron chi connectivity index (χ4n) is 5.49. The van der Waals surface area contributed by atoms with Crippen LogP contribution in [0.2, 0.25) is 0 Å². The maximum Gasteiger partial charge on any atom is 0.161 e. The van der Waals surface area contributed by atoms with Gasteiger partial charge >= 0.3 is 0 Å². The molecule has 0 spiro atoms. The minimum atomic E-state index is 0.392. The molecule has 0 saturated carbocycles. The van der Waals surface area contributed by atoms with Crippen molar-refractivity contribution in [3.05, 3.63) is 65.7 Å². The zero-order valence-electron chi connectivity index (χ0n) is 21.5. The average molecular weight is 473 g/mol. The number of aromatic nitrogens is 3. The number of hydrogen-bond acceptors (Lipinski definition) is 4. The largest absolute Gasteiger partial charge is 0.493 e. The molecule has 1 aliphatic heterocycles. The molecule has 35 heavy (non-hydrogen) atoms. The third kappa shape index (κ3) is 4.55. The summed E-state index contributed by atoms with van der Waals surface area (Å²) in [5.41, 5.74) is 7.57. The van der Waals surface area contributed by atoms with Gasteiger partial charge in [-0.25, -0.2) is 4.98 Å². The number of fused-ring (bicyclic) bond motifs is 1.